The number of urea groups is 1. The number of alkyl halides is 2. The van der Waals surface area contributed by atoms with Gasteiger partial charge in [-0.1, -0.05) is 13.0 Å². The van der Waals surface area contributed by atoms with Gasteiger partial charge in [0.15, 0.2) is 0 Å². The Bertz CT molecular complexity index is 1410. The van der Waals surface area contributed by atoms with Crippen LogP contribution in [0.2, 0.25) is 0 Å². The second kappa shape index (κ2) is 10.2. The minimum atomic E-state index is -2.92. The summed E-state index contributed by atoms with van der Waals surface area (Å²) >= 11 is 0. The van der Waals surface area contributed by atoms with Crippen LogP contribution in [0.3, 0.4) is 0 Å². The zero-order valence-corrected chi connectivity index (χ0v) is 20.4. The first-order valence-corrected chi connectivity index (χ1v) is 11.9. The smallest absolute Gasteiger partial charge is 0.324 e. The van der Waals surface area contributed by atoms with Gasteiger partial charge < -0.3 is 14.2 Å². The summed E-state index contributed by atoms with van der Waals surface area (Å²) in [6, 6.07) is 9.48. The number of nitrogens with zero attached hydrogens (tertiary/aromatic N) is 7. The van der Waals surface area contributed by atoms with E-state index in [1.54, 1.807) is 20.7 Å². The van der Waals surface area contributed by atoms with E-state index in [4.69, 9.17) is 4.42 Å². The largest absolute Gasteiger partial charge is 0.415 e. The third kappa shape index (κ3) is 5.01. The summed E-state index contributed by atoms with van der Waals surface area (Å²) in [6.45, 7) is 5.65. The van der Waals surface area contributed by atoms with E-state index in [-0.39, 0.29) is 29.6 Å². The van der Waals surface area contributed by atoms with E-state index >= 15 is 4.39 Å². The van der Waals surface area contributed by atoms with Gasteiger partial charge in [0.05, 0.1) is 18.3 Å². The summed E-state index contributed by atoms with van der Waals surface area (Å²) in [4.78, 5) is 19.3. The van der Waals surface area contributed by atoms with Gasteiger partial charge >= 0.3 is 12.5 Å². The van der Waals surface area contributed by atoms with Crippen molar-refractivity contribution in [2.24, 2.45) is 7.05 Å². The van der Waals surface area contributed by atoms with Crippen molar-refractivity contribution >= 4 is 22.6 Å². The lowest BCUT2D eigenvalue weighted by Crippen LogP contribution is -2.52. The van der Waals surface area contributed by atoms with Crippen LogP contribution in [0.25, 0.3) is 22.4 Å². The molecule has 1 fully saturated rings. The van der Waals surface area contributed by atoms with Gasteiger partial charge in [-0.15, -0.1) is 10.2 Å². The first-order chi connectivity index (χ1) is 17.8. The first-order valence-electron chi connectivity index (χ1n) is 11.9. The molecule has 0 bridgehead atoms. The highest BCUT2D eigenvalue weighted by molar-refractivity contribution is 5.94. The van der Waals surface area contributed by atoms with Gasteiger partial charge in [0.2, 0.25) is 5.89 Å². The second-order valence-corrected chi connectivity index (χ2v) is 8.85. The van der Waals surface area contributed by atoms with Crippen LogP contribution in [0.5, 0.6) is 0 Å². The average Bonchev–Trinajstić information content (AvgIpc) is 3.55. The van der Waals surface area contributed by atoms with Crippen molar-refractivity contribution < 1.29 is 22.4 Å². The Morgan fingerprint density at radius 1 is 1.11 bits per heavy atom. The first kappa shape index (κ1) is 24.8. The van der Waals surface area contributed by atoms with Crippen molar-refractivity contribution in [1.82, 2.24) is 29.8 Å². The lowest BCUT2D eigenvalue weighted by molar-refractivity contribution is 0.116. The predicted octanol–water partition coefficient (Wildman–Crippen LogP) is 4.46. The monoisotopic (exact) mass is 513 g/mol. The van der Waals surface area contributed by atoms with Crippen LogP contribution in [0.15, 0.2) is 47.0 Å². The summed E-state index contributed by atoms with van der Waals surface area (Å²) in [5.74, 6) is -1.65. The number of carbonyl (C=O) groups excluding carboxylic acids is 1. The maximum Gasteiger partial charge on any atom is 0.324 e. The van der Waals surface area contributed by atoms with E-state index in [1.807, 2.05) is 25.2 Å². The highest BCUT2D eigenvalue weighted by Gasteiger charge is 2.27. The predicted molar refractivity (Wildman–Crippen MR) is 131 cm³/mol. The number of carbonyl (C=O) groups is 1. The molecule has 0 unspecified atom stereocenters. The molecule has 5 rings (SSSR count). The quantitative estimate of drug-likeness (QED) is 0.379. The molecule has 12 heteroatoms. The molecule has 0 radical (unpaired) electrons. The van der Waals surface area contributed by atoms with E-state index in [0.29, 0.717) is 18.8 Å². The number of benzene rings is 2. The standard InChI is InChI=1S/C25H26F3N7O2/c1-3-33-8-10-34(11-9-33)25(36)35(19-7-6-17-14-29-32(2)21(17)13-19)15-18-5-4-16(12-20(18)26)23-30-31-24(37-23)22(27)28/h4-7,12-14,22H,3,8-11,15H2,1-2H3. The molecule has 0 saturated carbocycles. The Morgan fingerprint density at radius 2 is 1.89 bits per heavy atom. The van der Waals surface area contributed by atoms with E-state index in [1.165, 1.54) is 12.1 Å². The normalized spacial score (nSPS) is 14.6. The highest BCUT2D eigenvalue weighted by atomic mass is 19.3. The van der Waals surface area contributed by atoms with Gasteiger partial charge in [-0.3, -0.25) is 9.58 Å². The van der Waals surface area contributed by atoms with Gasteiger partial charge in [0, 0.05) is 55.4 Å². The van der Waals surface area contributed by atoms with Gasteiger partial charge in [-0.25, -0.2) is 9.18 Å². The van der Waals surface area contributed by atoms with Crippen LogP contribution in [0.1, 0.15) is 24.8 Å². The number of hydrogen-bond donors (Lipinski definition) is 0. The molecular formula is C25H26F3N7O2. The molecule has 2 aromatic heterocycles. The molecule has 1 saturated heterocycles. The van der Waals surface area contributed by atoms with Gasteiger partial charge in [0.25, 0.3) is 5.89 Å². The molecule has 2 amide bonds. The number of rotatable bonds is 6. The van der Waals surface area contributed by atoms with Crippen molar-refractivity contribution in [3.8, 4) is 11.5 Å². The van der Waals surface area contributed by atoms with Crippen LogP contribution in [-0.4, -0.2) is 68.5 Å². The van der Waals surface area contributed by atoms with Gasteiger partial charge in [0.1, 0.15) is 5.82 Å². The van der Waals surface area contributed by atoms with E-state index in [9.17, 15) is 13.6 Å². The zero-order valence-electron chi connectivity index (χ0n) is 20.4. The van der Waals surface area contributed by atoms with Crippen LogP contribution >= 0.6 is 0 Å². The Kier molecular flexibility index (Phi) is 6.83. The number of likely N-dealkylation sites (N-methyl/N-ethyl adjacent to an activating group) is 1. The molecule has 0 aliphatic carbocycles. The number of anilines is 1. The van der Waals surface area contributed by atoms with Crippen LogP contribution < -0.4 is 4.90 Å². The zero-order chi connectivity index (χ0) is 26.1. The Morgan fingerprint density at radius 3 is 2.57 bits per heavy atom. The van der Waals surface area contributed by atoms with Gasteiger partial charge in [-0.05, 0) is 36.9 Å². The highest BCUT2D eigenvalue weighted by Crippen LogP contribution is 2.28. The number of piperazine rings is 1. The number of halogens is 3. The van der Waals surface area contributed by atoms with Crippen molar-refractivity contribution in [2.75, 3.05) is 37.6 Å². The van der Waals surface area contributed by atoms with Crippen molar-refractivity contribution in [2.45, 2.75) is 19.9 Å². The average molecular weight is 514 g/mol. The molecule has 2 aromatic carbocycles. The van der Waals surface area contributed by atoms with Crippen LogP contribution in [0.4, 0.5) is 23.7 Å². The maximum atomic E-state index is 15.2. The molecule has 194 valence electrons. The second-order valence-electron chi connectivity index (χ2n) is 8.85. The minimum Gasteiger partial charge on any atom is -0.415 e. The molecule has 4 aromatic rings. The third-order valence-corrected chi connectivity index (χ3v) is 6.62. The van der Waals surface area contributed by atoms with E-state index in [0.717, 1.165) is 36.6 Å². The summed E-state index contributed by atoms with van der Waals surface area (Å²) in [7, 11) is 1.82. The van der Waals surface area contributed by atoms with Crippen LogP contribution in [-0.2, 0) is 13.6 Å². The Hall–Kier alpha value is -3.93. The number of amides is 2. The number of aryl methyl sites for hydroxylation is 1. The summed E-state index contributed by atoms with van der Waals surface area (Å²) in [6.07, 6.45) is -1.18. The molecular weight excluding hydrogens is 487 g/mol. The molecule has 3 heterocycles. The number of hydrogen-bond acceptors (Lipinski definition) is 6. The molecule has 0 N–H and O–H groups in total. The SMILES string of the molecule is CCN1CCN(C(=O)N(Cc2ccc(-c3nnc(C(F)F)o3)cc2F)c2ccc3cnn(C)c3c2)CC1. The summed E-state index contributed by atoms with van der Waals surface area (Å²) in [5.41, 5.74) is 1.88. The Balaban J connectivity index is 1.45. The molecule has 0 atom stereocenters. The lowest BCUT2D eigenvalue weighted by atomic mass is 10.1. The molecule has 37 heavy (non-hydrogen) atoms. The molecule has 9 nitrogen and oxygen atoms in total. The lowest BCUT2D eigenvalue weighted by Gasteiger charge is -2.37. The fourth-order valence-electron chi connectivity index (χ4n) is 4.41. The fourth-order valence-corrected chi connectivity index (χ4v) is 4.41. The maximum absolute atomic E-state index is 15.2. The number of aromatic nitrogens is 4. The van der Waals surface area contributed by atoms with Gasteiger partial charge in [-0.2, -0.15) is 13.9 Å². The Labute approximate surface area is 211 Å². The van der Waals surface area contributed by atoms with E-state index in [2.05, 4.69) is 27.1 Å². The number of fused-ring (bicyclic) bond motifs is 1. The fraction of sp³-hybridized carbons (Fsp3) is 0.360. The summed E-state index contributed by atoms with van der Waals surface area (Å²) < 4.78 is 47.5. The third-order valence-electron chi connectivity index (χ3n) is 6.62. The molecule has 1 aliphatic rings. The summed E-state index contributed by atoms with van der Waals surface area (Å²) in [5, 5.41) is 12.1. The van der Waals surface area contributed by atoms with E-state index < -0.39 is 18.1 Å². The topological polar surface area (TPSA) is 83.5 Å². The molecule has 1 aliphatic heterocycles. The van der Waals surface area contributed by atoms with Crippen molar-refractivity contribution in [3.05, 3.63) is 59.9 Å². The minimum absolute atomic E-state index is 0.0333. The molecule has 0 spiro atoms. The van der Waals surface area contributed by atoms with Crippen LogP contribution in [0, 0.1) is 5.82 Å². The van der Waals surface area contributed by atoms with Crippen molar-refractivity contribution in [1.29, 1.82) is 0 Å². The van der Waals surface area contributed by atoms with Crippen molar-refractivity contribution in [3.63, 3.8) is 0 Å².